The van der Waals surface area contributed by atoms with Crippen LogP contribution in [0.4, 0.5) is 0 Å². The minimum atomic E-state index is -0.538. The molecular weight excluding hydrogens is 713 g/mol. The Morgan fingerprint density at radius 3 is 1.70 bits per heavy atom. The summed E-state index contributed by atoms with van der Waals surface area (Å²) in [7, 11) is 0. The molecule has 0 bridgehead atoms. The smallest absolute Gasteiger partial charge is 0.160 e. The van der Waals surface area contributed by atoms with Crippen LogP contribution in [-0.4, -0.2) is 9.97 Å². The molecular formula is C53H32N2OS. The Hall–Kier alpha value is -7.14. The number of hydrogen-bond acceptors (Lipinski definition) is 4. The van der Waals surface area contributed by atoms with E-state index >= 15 is 0 Å². The average molecular weight is 745 g/mol. The highest BCUT2D eigenvalue weighted by molar-refractivity contribution is 7.26. The number of aromatic nitrogens is 2. The van der Waals surface area contributed by atoms with Crippen LogP contribution >= 0.6 is 11.3 Å². The standard InChI is InChI=1S/C53H32N2OS/c1-3-14-33(15-4-1)34-26-28-35(29-27-34)45-31-46(55-52(54-45)36-16-5-2-6-17-36)39-20-13-25-49-51(39)40-30-44-48(32-50(40)57-49)56-47-24-12-11-23-43(47)53(44)41-21-9-7-18-37(41)38-19-8-10-22-42(38)53/h1-32H. The van der Waals surface area contributed by atoms with Gasteiger partial charge in [0.15, 0.2) is 5.82 Å². The lowest BCUT2D eigenvalue weighted by Crippen LogP contribution is -2.32. The van der Waals surface area contributed by atoms with Crippen molar-refractivity contribution in [2.75, 3.05) is 0 Å². The van der Waals surface area contributed by atoms with Gasteiger partial charge >= 0.3 is 0 Å². The first-order chi connectivity index (χ1) is 28.2. The van der Waals surface area contributed by atoms with Crippen molar-refractivity contribution in [3.05, 3.63) is 216 Å². The van der Waals surface area contributed by atoms with E-state index in [2.05, 4.69) is 176 Å². The molecule has 10 aromatic rings. The van der Waals surface area contributed by atoms with E-state index in [4.69, 9.17) is 14.7 Å². The van der Waals surface area contributed by atoms with Crippen LogP contribution < -0.4 is 4.74 Å². The van der Waals surface area contributed by atoms with E-state index in [1.165, 1.54) is 59.1 Å². The normalized spacial score (nSPS) is 13.2. The average Bonchev–Trinajstić information content (AvgIpc) is 3.80. The zero-order valence-electron chi connectivity index (χ0n) is 30.7. The molecule has 266 valence electrons. The molecule has 0 unspecified atom stereocenters. The van der Waals surface area contributed by atoms with Crippen LogP contribution in [0.3, 0.4) is 0 Å². The lowest BCUT2D eigenvalue weighted by atomic mass is 9.66. The van der Waals surface area contributed by atoms with Gasteiger partial charge in [-0.05, 0) is 63.7 Å². The number of thiophene rings is 1. The quantitative estimate of drug-likeness (QED) is 0.180. The number of nitrogens with zero attached hydrogens (tertiary/aromatic N) is 2. The van der Waals surface area contributed by atoms with Crippen molar-refractivity contribution in [2.45, 2.75) is 5.41 Å². The number of rotatable bonds is 4. The second kappa shape index (κ2) is 12.4. The molecule has 12 rings (SSSR count). The van der Waals surface area contributed by atoms with Crippen LogP contribution in [0.25, 0.3) is 76.3 Å². The van der Waals surface area contributed by atoms with E-state index in [9.17, 15) is 0 Å². The molecule has 1 aliphatic heterocycles. The van der Waals surface area contributed by atoms with E-state index in [1.54, 1.807) is 11.3 Å². The number of para-hydroxylation sites is 1. The Kier molecular flexibility index (Phi) is 7.01. The number of hydrogen-bond donors (Lipinski definition) is 0. The molecule has 0 atom stereocenters. The topological polar surface area (TPSA) is 35.0 Å². The Labute approximate surface area is 334 Å². The third-order valence-electron chi connectivity index (χ3n) is 11.8. The van der Waals surface area contributed by atoms with Gasteiger partial charge in [-0.1, -0.05) is 164 Å². The summed E-state index contributed by atoms with van der Waals surface area (Å²) in [5.74, 6) is 2.50. The first-order valence-corrected chi connectivity index (χ1v) is 20.1. The van der Waals surface area contributed by atoms with Crippen molar-refractivity contribution in [3.8, 4) is 67.7 Å². The van der Waals surface area contributed by atoms with Gasteiger partial charge in [-0.15, -0.1) is 11.3 Å². The van der Waals surface area contributed by atoms with Gasteiger partial charge in [-0.25, -0.2) is 9.97 Å². The molecule has 3 nitrogen and oxygen atoms in total. The van der Waals surface area contributed by atoms with Crippen molar-refractivity contribution < 1.29 is 4.74 Å². The van der Waals surface area contributed by atoms with Crippen molar-refractivity contribution in [1.29, 1.82) is 0 Å². The maximum atomic E-state index is 6.87. The zero-order valence-corrected chi connectivity index (χ0v) is 31.5. The van der Waals surface area contributed by atoms with Crippen LogP contribution in [0, 0.1) is 0 Å². The predicted octanol–water partition coefficient (Wildman–Crippen LogP) is 14.0. The molecule has 2 aliphatic rings. The lowest BCUT2D eigenvalue weighted by Gasteiger charge is -2.39. The molecule has 8 aromatic carbocycles. The highest BCUT2D eigenvalue weighted by Crippen LogP contribution is 2.63. The van der Waals surface area contributed by atoms with E-state index < -0.39 is 5.41 Å². The van der Waals surface area contributed by atoms with Crippen LogP contribution in [0.5, 0.6) is 11.5 Å². The minimum Gasteiger partial charge on any atom is -0.457 e. The number of benzene rings is 8. The van der Waals surface area contributed by atoms with E-state index in [-0.39, 0.29) is 0 Å². The van der Waals surface area contributed by atoms with Gasteiger partial charge in [0.25, 0.3) is 0 Å². The summed E-state index contributed by atoms with van der Waals surface area (Å²) in [5.41, 5.74) is 14.1. The Bertz CT molecular complexity index is 3160. The van der Waals surface area contributed by atoms with Gasteiger partial charge in [-0.3, -0.25) is 0 Å². The Balaban J connectivity index is 1.10. The summed E-state index contributed by atoms with van der Waals surface area (Å²) in [6.45, 7) is 0. The third-order valence-corrected chi connectivity index (χ3v) is 12.9. The minimum absolute atomic E-state index is 0.538. The fourth-order valence-corrected chi connectivity index (χ4v) is 10.4. The van der Waals surface area contributed by atoms with Gasteiger partial charge in [0.2, 0.25) is 0 Å². The molecule has 0 saturated carbocycles. The SMILES string of the molecule is c1ccc(-c2ccc(-c3cc(-c4cccc5sc6cc7c(cc6c45)C4(c5ccccc5O7)c5ccccc5-c5ccccc54)nc(-c4ccccc4)n3)cc2)cc1. The van der Waals surface area contributed by atoms with Crippen LogP contribution in [0.1, 0.15) is 22.3 Å². The molecule has 2 aromatic heterocycles. The summed E-state index contributed by atoms with van der Waals surface area (Å²) in [6.07, 6.45) is 0. The maximum absolute atomic E-state index is 6.87. The second-order valence-corrected chi connectivity index (χ2v) is 15.9. The van der Waals surface area contributed by atoms with Crippen LogP contribution in [0.15, 0.2) is 194 Å². The first-order valence-electron chi connectivity index (χ1n) is 19.3. The van der Waals surface area contributed by atoms with E-state index in [1.807, 2.05) is 18.2 Å². The summed E-state index contributed by atoms with van der Waals surface area (Å²) in [5, 5.41) is 2.39. The third kappa shape index (κ3) is 4.78. The van der Waals surface area contributed by atoms with Gasteiger partial charge in [0.05, 0.1) is 16.8 Å². The summed E-state index contributed by atoms with van der Waals surface area (Å²) in [6, 6.07) is 69.3. The fourth-order valence-electron chi connectivity index (χ4n) is 9.30. The summed E-state index contributed by atoms with van der Waals surface area (Å²) >= 11 is 1.80. The lowest BCUT2D eigenvalue weighted by molar-refractivity contribution is 0.437. The highest BCUT2D eigenvalue weighted by atomic mass is 32.1. The Morgan fingerprint density at radius 2 is 0.965 bits per heavy atom. The van der Waals surface area contributed by atoms with E-state index in [0.29, 0.717) is 5.82 Å². The Morgan fingerprint density at radius 1 is 0.386 bits per heavy atom. The zero-order chi connectivity index (χ0) is 37.5. The number of ether oxygens (including phenoxy) is 1. The van der Waals surface area contributed by atoms with Crippen molar-refractivity contribution in [1.82, 2.24) is 9.97 Å². The molecule has 3 heterocycles. The molecule has 1 aliphatic carbocycles. The van der Waals surface area contributed by atoms with Gasteiger partial charge in [-0.2, -0.15) is 0 Å². The van der Waals surface area contributed by atoms with Gasteiger partial charge < -0.3 is 4.74 Å². The number of fused-ring (bicyclic) bond motifs is 12. The molecule has 0 N–H and O–H groups in total. The summed E-state index contributed by atoms with van der Waals surface area (Å²) < 4.78 is 9.25. The van der Waals surface area contributed by atoms with Crippen molar-refractivity contribution in [3.63, 3.8) is 0 Å². The molecule has 4 heteroatoms. The van der Waals surface area contributed by atoms with Crippen molar-refractivity contribution >= 4 is 31.5 Å². The molecule has 1 spiro atoms. The van der Waals surface area contributed by atoms with Gasteiger partial charge in [0, 0.05) is 48.0 Å². The molecule has 57 heavy (non-hydrogen) atoms. The molecule has 0 amide bonds. The maximum Gasteiger partial charge on any atom is 0.160 e. The first kappa shape index (κ1) is 32.1. The molecule has 0 radical (unpaired) electrons. The largest absolute Gasteiger partial charge is 0.457 e. The van der Waals surface area contributed by atoms with Crippen LogP contribution in [-0.2, 0) is 5.41 Å². The predicted molar refractivity (Wildman–Crippen MR) is 234 cm³/mol. The fraction of sp³-hybridized carbons (Fsp3) is 0.0189. The van der Waals surface area contributed by atoms with Gasteiger partial charge in [0.1, 0.15) is 11.5 Å². The van der Waals surface area contributed by atoms with Crippen LogP contribution in [0.2, 0.25) is 0 Å². The highest BCUT2D eigenvalue weighted by Gasteiger charge is 2.51. The molecule has 0 fully saturated rings. The monoisotopic (exact) mass is 744 g/mol. The second-order valence-electron chi connectivity index (χ2n) is 14.8. The molecule has 0 saturated heterocycles. The summed E-state index contributed by atoms with van der Waals surface area (Å²) in [4.78, 5) is 10.5. The van der Waals surface area contributed by atoms with Crippen molar-refractivity contribution in [2.24, 2.45) is 0 Å². The van der Waals surface area contributed by atoms with E-state index in [0.717, 1.165) is 45.1 Å².